The minimum absolute atomic E-state index is 0.108. The van der Waals surface area contributed by atoms with Crippen molar-refractivity contribution in [1.29, 1.82) is 0 Å². The van der Waals surface area contributed by atoms with Crippen LogP contribution in [-0.4, -0.2) is 18.4 Å². The molecular formula is C30H40O3. The quantitative estimate of drug-likeness (QED) is 0.479. The van der Waals surface area contributed by atoms with E-state index >= 15 is 0 Å². The smallest absolute Gasteiger partial charge is 0.310 e. The molecule has 0 aromatic heterocycles. The van der Waals surface area contributed by atoms with Gasteiger partial charge in [0, 0.05) is 6.42 Å². The summed E-state index contributed by atoms with van der Waals surface area (Å²) in [5.74, 6) is 3.57. The van der Waals surface area contributed by atoms with E-state index in [4.69, 9.17) is 4.74 Å². The van der Waals surface area contributed by atoms with Crippen molar-refractivity contribution in [1.82, 2.24) is 0 Å². The maximum Gasteiger partial charge on any atom is 0.310 e. The number of ketones is 1. The van der Waals surface area contributed by atoms with E-state index in [-0.39, 0.29) is 11.4 Å². The van der Waals surface area contributed by atoms with Crippen molar-refractivity contribution in [3.63, 3.8) is 0 Å². The highest BCUT2D eigenvalue weighted by molar-refractivity contribution is 5.91. The lowest BCUT2D eigenvalue weighted by atomic mass is 9.46. The fraction of sp³-hybridized carbons (Fsp3) is 0.667. The van der Waals surface area contributed by atoms with Crippen LogP contribution in [0.15, 0.2) is 42.0 Å². The molecule has 0 radical (unpaired) electrons. The van der Waals surface area contributed by atoms with E-state index in [2.05, 4.69) is 20.8 Å². The van der Waals surface area contributed by atoms with Gasteiger partial charge in [-0.25, -0.2) is 0 Å². The zero-order valence-electron chi connectivity index (χ0n) is 20.6. The normalized spacial score (nSPS) is 38.5. The lowest BCUT2D eigenvalue weighted by Gasteiger charge is -2.58. The molecule has 3 saturated carbocycles. The standard InChI is InChI=1S/C30H40O3/c1-20(19-33-28(32)17-21-7-5-4-6-8-21)25-11-12-26-24-10-9-22-18-23(31)13-15-29(22,2)27(24)14-16-30(25,26)3/h4-8,18,20,24-27H,9-17,19H2,1-3H3/t20?,24-,25+,26-,27-,29-,30+/m0/s1. The summed E-state index contributed by atoms with van der Waals surface area (Å²) in [5.41, 5.74) is 3.07. The Labute approximate surface area is 199 Å². The number of allylic oxidation sites excluding steroid dienone is 1. The average molecular weight is 449 g/mol. The van der Waals surface area contributed by atoms with E-state index in [0.717, 1.165) is 42.6 Å². The number of esters is 1. The third-order valence-corrected chi connectivity index (χ3v) is 10.4. The summed E-state index contributed by atoms with van der Waals surface area (Å²) >= 11 is 0. The molecule has 0 aliphatic heterocycles. The maximum absolute atomic E-state index is 12.4. The van der Waals surface area contributed by atoms with Crippen LogP contribution in [0.3, 0.4) is 0 Å². The zero-order chi connectivity index (χ0) is 23.2. The Hall–Kier alpha value is -1.90. The summed E-state index contributed by atoms with van der Waals surface area (Å²) in [6.07, 6.45) is 11.7. The molecule has 5 rings (SSSR count). The molecule has 3 fully saturated rings. The number of carbonyl (C=O) groups is 2. The van der Waals surface area contributed by atoms with Crippen molar-refractivity contribution in [2.24, 2.45) is 40.4 Å². The van der Waals surface area contributed by atoms with Gasteiger partial charge in [0.15, 0.2) is 5.78 Å². The highest BCUT2D eigenvalue weighted by Gasteiger charge is 2.59. The molecule has 1 aromatic carbocycles. The third kappa shape index (κ3) is 4.00. The molecule has 33 heavy (non-hydrogen) atoms. The number of hydrogen-bond acceptors (Lipinski definition) is 3. The first-order valence-corrected chi connectivity index (χ1v) is 13.2. The Morgan fingerprint density at radius 1 is 1.03 bits per heavy atom. The lowest BCUT2D eigenvalue weighted by Crippen LogP contribution is -2.51. The highest BCUT2D eigenvalue weighted by atomic mass is 16.5. The van der Waals surface area contributed by atoms with Crippen LogP contribution in [0.25, 0.3) is 0 Å². The van der Waals surface area contributed by atoms with E-state index in [1.54, 1.807) is 0 Å². The van der Waals surface area contributed by atoms with Gasteiger partial charge in [-0.3, -0.25) is 9.59 Å². The first-order chi connectivity index (χ1) is 15.8. The molecule has 0 bridgehead atoms. The van der Waals surface area contributed by atoms with Gasteiger partial charge in [-0.2, -0.15) is 0 Å². The van der Waals surface area contributed by atoms with Crippen molar-refractivity contribution < 1.29 is 14.3 Å². The first-order valence-electron chi connectivity index (χ1n) is 13.2. The van der Waals surface area contributed by atoms with Crippen LogP contribution in [0.2, 0.25) is 0 Å². The molecule has 3 heteroatoms. The number of ether oxygens (including phenoxy) is 1. The predicted octanol–water partition coefficient (Wildman–Crippen LogP) is 6.56. The Balaban J connectivity index is 1.24. The Kier molecular flexibility index (Phi) is 6.04. The van der Waals surface area contributed by atoms with Gasteiger partial charge in [-0.1, -0.05) is 56.7 Å². The van der Waals surface area contributed by atoms with Crippen LogP contribution in [0.5, 0.6) is 0 Å². The molecule has 0 amide bonds. The van der Waals surface area contributed by atoms with E-state index in [9.17, 15) is 9.59 Å². The van der Waals surface area contributed by atoms with Gasteiger partial charge in [-0.15, -0.1) is 0 Å². The van der Waals surface area contributed by atoms with Gasteiger partial charge in [0.05, 0.1) is 13.0 Å². The van der Waals surface area contributed by atoms with E-state index in [0.29, 0.717) is 36.1 Å². The highest BCUT2D eigenvalue weighted by Crippen LogP contribution is 2.67. The molecule has 0 heterocycles. The van der Waals surface area contributed by atoms with Crippen LogP contribution in [-0.2, 0) is 20.7 Å². The van der Waals surface area contributed by atoms with Crippen molar-refractivity contribution in [2.75, 3.05) is 6.61 Å². The van der Waals surface area contributed by atoms with Crippen molar-refractivity contribution in [3.8, 4) is 0 Å². The Bertz CT molecular complexity index is 933. The average Bonchev–Trinajstić information content (AvgIpc) is 3.16. The number of rotatable bonds is 5. The van der Waals surface area contributed by atoms with Gasteiger partial charge in [0.25, 0.3) is 0 Å². The number of benzene rings is 1. The fourth-order valence-corrected chi connectivity index (χ4v) is 8.69. The second-order valence-corrected chi connectivity index (χ2v) is 12.0. The fourth-order valence-electron chi connectivity index (χ4n) is 8.69. The molecule has 0 N–H and O–H groups in total. The molecule has 3 nitrogen and oxygen atoms in total. The van der Waals surface area contributed by atoms with Crippen LogP contribution in [0.1, 0.15) is 77.7 Å². The number of carbonyl (C=O) groups excluding carboxylic acids is 2. The second-order valence-electron chi connectivity index (χ2n) is 12.0. The van der Waals surface area contributed by atoms with E-state index in [1.807, 2.05) is 36.4 Å². The van der Waals surface area contributed by atoms with Gasteiger partial charge in [-0.05, 0) is 97.0 Å². The van der Waals surface area contributed by atoms with E-state index < -0.39 is 0 Å². The van der Waals surface area contributed by atoms with Crippen molar-refractivity contribution >= 4 is 11.8 Å². The third-order valence-electron chi connectivity index (χ3n) is 10.4. The summed E-state index contributed by atoms with van der Waals surface area (Å²) in [6, 6.07) is 9.88. The van der Waals surface area contributed by atoms with E-state index in [1.165, 1.54) is 37.7 Å². The molecule has 1 aromatic rings. The van der Waals surface area contributed by atoms with Crippen LogP contribution >= 0.6 is 0 Å². The van der Waals surface area contributed by atoms with Crippen LogP contribution in [0.4, 0.5) is 0 Å². The summed E-state index contributed by atoms with van der Waals surface area (Å²) in [7, 11) is 0. The molecule has 178 valence electrons. The monoisotopic (exact) mass is 448 g/mol. The minimum Gasteiger partial charge on any atom is -0.465 e. The lowest BCUT2D eigenvalue weighted by molar-refractivity contribution is -0.145. The SMILES string of the molecule is CC(COC(=O)Cc1ccccc1)[C@H]1CC[C@H]2[C@@H]3CCC4=CC(=O)CC[C@]4(C)[C@H]3CC[C@]12C. The van der Waals surface area contributed by atoms with Crippen molar-refractivity contribution in [2.45, 2.75) is 78.6 Å². The minimum atomic E-state index is -0.108. The number of hydrogen-bond donors (Lipinski definition) is 0. The summed E-state index contributed by atoms with van der Waals surface area (Å²) in [5, 5.41) is 0. The topological polar surface area (TPSA) is 43.4 Å². The molecule has 7 atom stereocenters. The molecule has 0 spiro atoms. The molecule has 1 unspecified atom stereocenters. The van der Waals surface area contributed by atoms with Crippen LogP contribution in [0, 0.1) is 40.4 Å². The summed E-state index contributed by atoms with van der Waals surface area (Å²) in [4.78, 5) is 24.5. The Morgan fingerprint density at radius 3 is 2.61 bits per heavy atom. The molecule has 4 aliphatic rings. The van der Waals surface area contributed by atoms with Gasteiger partial charge in [0.1, 0.15) is 0 Å². The summed E-state index contributed by atoms with van der Waals surface area (Å²) < 4.78 is 5.77. The second kappa shape index (κ2) is 8.71. The van der Waals surface area contributed by atoms with Gasteiger partial charge < -0.3 is 4.74 Å². The molecular weight excluding hydrogens is 408 g/mol. The summed E-state index contributed by atoms with van der Waals surface area (Å²) in [6.45, 7) is 7.85. The predicted molar refractivity (Wildman–Crippen MR) is 130 cm³/mol. The molecule has 0 saturated heterocycles. The molecule has 4 aliphatic carbocycles. The largest absolute Gasteiger partial charge is 0.465 e. The Morgan fingerprint density at radius 2 is 1.82 bits per heavy atom. The first kappa shape index (κ1) is 22.9. The number of fused-ring (bicyclic) bond motifs is 5. The zero-order valence-corrected chi connectivity index (χ0v) is 20.6. The van der Waals surface area contributed by atoms with Crippen LogP contribution < -0.4 is 0 Å². The maximum atomic E-state index is 12.4. The van der Waals surface area contributed by atoms with Gasteiger partial charge in [0.2, 0.25) is 0 Å². The van der Waals surface area contributed by atoms with Gasteiger partial charge >= 0.3 is 5.97 Å². The van der Waals surface area contributed by atoms with Crippen molar-refractivity contribution in [3.05, 3.63) is 47.5 Å².